The Morgan fingerprint density at radius 3 is 1.60 bits per heavy atom. The first kappa shape index (κ1) is 32.7. The largest absolute Gasteiger partial charge is 0.457 e. The zero-order valence-electron chi connectivity index (χ0n) is 25.1. The van der Waals surface area contributed by atoms with E-state index in [2.05, 4.69) is 6.58 Å². The smallest absolute Gasteiger partial charge is 0.333 e. The van der Waals surface area contributed by atoms with E-state index in [4.69, 9.17) is 18.9 Å². The number of carbonyl (C=O) groups is 3. The van der Waals surface area contributed by atoms with Gasteiger partial charge in [-0.15, -0.1) is 0 Å². The number of hydrogen-bond acceptors (Lipinski definition) is 9. The first-order chi connectivity index (χ1) is 21.4. The highest BCUT2D eigenvalue weighted by atomic mass is 32.2. The summed E-state index contributed by atoms with van der Waals surface area (Å²) in [7, 11) is -3.88. The van der Waals surface area contributed by atoms with Crippen molar-refractivity contribution in [1.82, 2.24) is 0 Å². The van der Waals surface area contributed by atoms with E-state index in [0.717, 1.165) is 28.3 Å². The molecule has 0 fully saturated rings. The predicted molar refractivity (Wildman–Crippen MR) is 166 cm³/mol. The Hall–Kier alpha value is -5.22. The van der Waals surface area contributed by atoms with Crippen LogP contribution in [0, 0.1) is 20.8 Å². The van der Waals surface area contributed by atoms with Crippen LogP contribution in [0.1, 0.15) is 27.8 Å². The van der Waals surface area contributed by atoms with E-state index >= 15 is 0 Å². The van der Waals surface area contributed by atoms with Crippen molar-refractivity contribution in [2.75, 3.05) is 6.79 Å². The molecule has 0 atom stereocenters. The number of sulfone groups is 1. The standard InChI is InChI=1S/C35H32O9S/c1-5-33(36)42-22-41-30-9-8-27(25(4)19-30)21-35(38)44-29-12-16-32(17-13-29)45(39,40)31-14-10-28(11-15-31)43-34(37)20-26-7-6-23(2)18-24(26)3/h5-19H,1,20-22H2,2-4H3. The lowest BCUT2D eigenvalue weighted by molar-refractivity contribution is -0.144. The van der Waals surface area contributed by atoms with Crippen LogP contribution in [0.25, 0.3) is 0 Å². The van der Waals surface area contributed by atoms with Gasteiger partial charge in [-0.05, 0) is 104 Å². The van der Waals surface area contributed by atoms with E-state index in [1.165, 1.54) is 48.5 Å². The van der Waals surface area contributed by atoms with E-state index in [-0.39, 0.29) is 40.9 Å². The molecule has 0 aromatic heterocycles. The first-order valence-corrected chi connectivity index (χ1v) is 15.4. The van der Waals surface area contributed by atoms with E-state index < -0.39 is 27.7 Å². The molecule has 0 aliphatic carbocycles. The maximum absolute atomic E-state index is 13.2. The van der Waals surface area contributed by atoms with Crippen molar-refractivity contribution >= 4 is 27.7 Å². The third kappa shape index (κ3) is 8.90. The second-order valence-corrected chi connectivity index (χ2v) is 12.1. The number of carbonyl (C=O) groups excluding carboxylic acids is 3. The molecule has 0 heterocycles. The Bertz CT molecular complexity index is 1820. The lowest BCUT2D eigenvalue weighted by atomic mass is 10.0. The minimum atomic E-state index is -3.88. The van der Waals surface area contributed by atoms with Crippen LogP contribution in [-0.4, -0.2) is 33.1 Å². The van der Waals surface area contributed by atoms with Crippen LogP contribution in [-0.2, 0) is 41.8 Å². The van der Waals surface area contributed by atoms with E-state index in [9.17, 15) is 22.8 Å². The highest BCUT2D eigenvalue weighted by Gasteiger charge is 2.19. The summed E-state index contributed by atoms with van der Waals surface area (Å²) in [4.78, 5) is 36.1. The minimum Gasteiger partial charge on any atom is -0.457 e. The zero-order chi connectivity index (χ0) is 32.6. The lowest BCUT2D eigenvalue weighted by Crippen LogP contribution is -2.13. The Kier molecular flexibility index (Phi) is 10.5. The van der Waals surface area contributed by atoms with Gasteiger partial charge in [-0.25, -0.2) is 13.2 Å². The molecule has 0 bridgehead atoms. The van der Waals surface area contributed by atoms with E-state index in [1.807, 2.05) is 32.0 Å². The van der Waals surface area contributed by atoms with Gasteiger partial charge >= 0.3 is 17.9 Å². The molecule has 9 nitrogen and oxygen atoms in total. The summed E-state index contributed by atoms with van der Waals surface area (Å²) in [6.45, 7) is 8.74. The predicted octanol–water partition coefficient (Wildman–Crippen LogP) is 5.81. The molecule has 0 radical (unpaired) electrons. The summed E-state index contributed by atoms with van der Waals surface area (Å²) in [6.07, 6.45) is 1.10. The average Bonchev–Trinajstić information content (AvgIpc) is 3.00. The second-order valence-electron chi connectivity index (χ2n) is 10.2. The average molecular weight is 629 g/mol. The molecule has 0 amide bonds. The Morgan fingerprint density at radius 1 is 0.667 bits per heavy atom. The van der Waals surface area contributed by atoms with Crippen molar-refractivity contribution < 1.29 is 41.7 Å². The van der Waals surface area contributed by atoms with Crippen LogP contribution in [0.4, 0.5) is 0 Å². The van der Waals surface area contributed by atoms with E-state index in [1.54, 1.807) is 25.1 Å². The number of benzene rings is 4. The van der Waals surface area contributed by atoms with Crippen LogP contribution < -0.4 is 14.2 Å². The fourth-order valence-corrected chi connectivity index (χ4v) is 5.63. The quantitative estimate of drug-likeness (QED) is 0.0828. The normalized spacial score (nSPS) is 10.9. The van der Waals surface area contributed by atoms with E-state index in [0.29, 0.717) is 11.3 Å². The SMILES string of the molecule is C=CC(=O)OCOc1ccc(CC(=O)Oc2ccc(S(=O)(=O)c3ccc(OC(=O)Cc4ccc(C)cc4C)cc3)cc2)c(C)c1. The van der Waals surface area contributed by atoms with Crippen LogP contribution in [0.5, 0.6) is 17.2 Å². The molecule has 0 aliphatic heterocycles. The van der Waals surface area contributed by atoms with Gasteiger partial charge in [0.1, 0.15) is 17.2 Å². The molecule has 0 saturated heterocycles. The van der Waals surface area contributed by atoms with Gasteiger partial charge in [0.15, 0.2) is 0 Å². The maximum Gasteiger partial charge on any atom is 0.333 e. The van der Waals surface area contributed by atoms with Crippen molar-refractivity contribution in [2.45, 2.75) is 43.4 Å². The van der Waals surface area contributed by atoms with Gasteiger partial charge in [-0.2, -0.15) is 0 Å². The molecule has 10 heteroatoms. The summed E-state index contributed by atoms with van der Waals surface area (Å²) < 4.78 is 47.3. The molecule has 0 unspecified atom stereocenters. The minimum absolute atomic E-state index is 0.00657. The lowest BCUT2D eigenvalue weighted by Gasteiger charge is -2.11. The zero-order valence-corrected chi connectivity index (χ0v) is 25.9. The van der Waals surface area contributed by atoms with Crippen LogP contribution in [0.2, 0.25) is 0 Å². The van der Waals surface area contributed by atoms with Crippen molar-refractivity contribution in [3.05, 3.63) is 125 Å². The topological polar surface area (TPSA) is 122 Å². The third-order valence-electron chi connectivity index (χ3n) is 6.81. The van der Waals surface area contributed by atoms with Gasteiger partial charge in [-0.1, -0.05) is 36.4 Å². The van der Waals surface area contributed by atoms with Crippen LogP contribution >= 0.6 is 0 Å². The number of esters is 3. The van der Waals surface area contributed by atoms with Gasteiger partial charge < -0.3 is 18.9 Å². The molecule has 232 valence electrons. The number of hydrogen-bond donors (Lipinski definition) is 0. The Labute approximate surface area is 261 Å². The van der Waals surface area contributed by atoms with Gasteiger partial charge in [0.25, 0.3) is 0 Å². The van der Waals surface area contributed by atoms with Gasteiger partial charge in [-0.3, -0.25) is 9.59 Å². The highest BCUT2D eigenvalue weighted by Crippen LogP contribution is 2.26. The molecule has 45 heavy (non-hydrogen) atoms. The van der Waals surface area contributed by atoms with Crippen LogP contribution in [0.3, 0.4) is 0 Å². The van der Waals surface area contributed by atoms with Gasteiger partial charge in [0.05, 0.1) is 22.6 Å². The van der Waals surface area contributed by atoms with Gasteiger partial charge in [0, 0.05) is 6.08 Å². The Balaban J connectivity index is 1.32. The number of aryl methyl sites for hydroxylation is 3. The van der Waals surface area contributed by atoms with Gasteiger partial charge in [0.2, 0.25) is 16.6 Å². The highest BCUT2D eigenvalue weighted by molar-refractivity contribution is 7.91. The third-order valence-corrected chi connectivity index (χ3v) is 8.59. The van der Waals surface area contributed by atoms with Crippen molar-refractivity contribution in [2.24, 2.45) is 0 Å². The molecular weight excluding hydrogens is 596 g/mol. The summed E-state index contributed by atoms with van der Waals surface area (Å²) in [6, 6.07) is 22.0. The van der Waals surface area contributed by atoms with Crippen molar-refractivity contribution in [3.63, 3.8) is 0 Å². The summed E-state index contributed by atoms with van der Waals surface area (Å²) in [5, 5.41) is 0. The van der Waals surface area contributed by atoms with Crippen molar-refractivity contribution in [1.29, 1.82) is 0 Å². The molecule has 0 spiro atoms. The molecule has 0 aliphatic rings. The maximum atomic E-state index is 13.2. The summed E-state index contributed by atoms with van der Waals surface area (Å²) >= 11 is 0. The number of rotatable bonds is 12. The summed E-state index contributed by atoms with van der Waals surface area (Å²) in [5.74, 6) is -0.709. The van der Waals surface area contributed by atoms with Crippen LogP contribution in [0.15, 0.2) is 107 Å². The molecule has 0 saturated carbocycles. The fourth-order valence-electron chi connectivity index (χ4n) is 4.37. The molecule has 4 rings (SSSR count). The summed E-state index contributed by atoms with van der Waals surface area (Å²) in [5.41, 5.74) is 4.43. The Morgan fingerprint density at radius 2 is 1.13 bits per heavy atom. The monoisotopic (exact) mass is 628 g/mol. The molecule has 0 N–H and O–H groups in total. The first-order valence-electron chi connectivity index (χ1n) is 13.9. The second kappa shape index (κ2) is 14.5. The molecule has 4 aromatic carbocycles. The number of ether oxygens (including phenoxy) is 4. The molecular formula is C35H32O9S. The van der Waals surface area contributed by atoms with Crippen molar-refractivity contribution in [3.8, 4) is 17.2 Å². The molecule has 4 aromatic rings. The fraction of sp³-hybridized carbons (Fsp3) is 0.171.